The van der Waals surface area contributed by atoms with Gasteiger partial charge in [-0.2, -0.15) is 0 Å². The smallest absolute Gasteiger partial charge is 0.201 e. The molecule has 14 heavy (non-hydrogen) atoms. The predicted molar refractivity (Wildman–Crippen MR) is 54.2 cm³/mol. The molecule has 0 spiro atoms. The maximum atomic E-state index is 12.0. The third-order valence-corrected chi connectivity index (χ3v) is 3.34. The van der Waals surface area contributed by atoms with Crippen LogP contribution in [0.3, 0.4) is 0 Å². The van der Waals surface area contributed by atoms with Gasteiger partial charge < -0.3 is 4.42 Å². The van der Waals surface area contributed by atoms with E-state index in [1.165, 1.54) is 0 Å². The van der Waals surface area contributed by atoms with Gasteiger partial charge >= 0.3 is 0 Å². The Kier molecular flexibility index (Phi) is 2.22. The Hall–Kier alpha value is -1.05. The molecule has 0 saturated heterocycles. The fourth-order valence-corrected chi connectivity index (χ4v) is 2.40. The van der Waals surface area contributed by atoms with Crippen molar-refractivity contribution in [3.63, 3.8) is 0 Å². The number of furan rings is 1. The fourth-order valence-electron chi connectivity index (χ4n) is 2.40. The minimum Gasteiger partial charge on any atom is -0.461 e. The van der Waals surface area contributed by atoms with Crippen molar-refractivity contribution in [2.75, 3.05) is 0 Å². The van der Waals surface area contributed by atoms with Crippen LogP contribution in [0.2, 0.25) is 0 Å². The van der Waals surface area contributed by atoms with Crippen LogP contribution in [0.4, 0.5) is 0 Å². The van der Waals surface area contributed by atoms with Gasteiger partial charge in [0, 0.05) is 5.92 Å². The van der Waals surface area contributed by atoms with E-state index in [-0.39, 0.29) is 17.1 Å². The minimum absolute atomic E-state index is 0.143. The Balaban J connectivity index is 2.20. The molecule has 1 aromatic heterocycles. The lowest BCUT2D eigenvalue weighted by Crippen LogP contribution is -2.25. The second-order valence-corrected chi connectivity index (χ2v) is 4.77. The summed E-state index contributed by atoms with van der Waals surface area (Å²) in [4.78, 5) is 12.0. The lowest BCUT2D eigenvalue weighted by atomic mass is 9.79. The molecule has 1 unspecified atom stereocenters. The van der Waals surface area contributed by atoms with Crippen molar-refractivity contribution in [1.82, 2.24) is 0 Å². The van der Waals surface area contributed by atoms with Gasteiger partial charge in [-0.3, -0.25) is 4.79 Å². The number of hydrogen-bond acceptors (Lipinski definition) is 2. The molecule has 0 N–H and O–H groups in total. The van der Waals surface area contributed by atoms with Crippen molar-refractivity contribution < 1.29 is 9.21 Å². The molecule has 2 heteroatoms. The first-order valence-corrected chi connectivity index (χ1v) is 5.19. The van der Waals surface area contributed by atoms with Crippen molar-refractivity contribution in [2.45, 2.75) is 33.1 Å². The first-order chi connectivity index (χ1) is 6.61. The zero-order valence-electron chi connectivity index (χ0n) is 8.75. The largest absolute Gasteiger partial charge is 0.461 e. The van der Waals surface area contributed by atoms with E-state index in [0.717, 1.165) is 19.3 Å². The molecule has 1 aliphatic carbocycles. The molecular formula is C12H16O2. The second-order valence-electron chi connectivity index (χ2n) is 4.77. The van der Waals surface area contributed by atoms with Crippen LogP contribution in [0.5, 0.6) is 0 Å². The number of carbonyl (C=O) groups is 1. The summed E-state index contributed by atoms with van der Waals surface area (Å²) in [6, 6.07) is 3.53. The van der Waals surface area contributed by atoms with Gasteiger partial charge in [0.25, 0.3) is 0 Å². The molecule has 1 heterocycles. The predicted octanol–water partition coefficient (Wildman–Crippen LogP) is 3.29. The topological polar surface area (TPSA) is 30.2 Å². The number of Topliss-reactive ketones (excluding diaryl/α,β-unsaturated/α-hetero) is 1. The Morgan fingerprint density at radius 2 is 2.36 bits per heavy atom. The summed E-state index contributed by atoms with van der Waals surface area (Å²) < 4.78 is 5.15. The number of carbonyl (C=O) groups excluding carboxylic acids is 1. The van der Waals surface area contributed by atoms with E-state index in [1.807, 2.05) is 0 Å². The molecule has 2 nitrogen and oxygen atoms in total. The molecule has 76 valence electrons. The Bertz CT molecular complexity index is 322. The van der Waals surface area contributed by atoms with Crippen molar-refractivity contribution in [1.29, 1.82) is 0 Å². The SMILES string of the molecule is CC1(C)CCCC1C(=O)c1ccco1. The van der Waals surface area contributed by atoms with Gasteiger partial charge in [-0.05, 0) is 30.4 Å². The van der Waals surface area contributed by atoms with Crippen molar-refractivity contribution >= 4 is 5.78 Å². The van der Waals surface area contributed by atoms with E-state index in [4.69, 9.17) is 4.42 Å². The van der Waals surface area contributed by atoms with Crippen LogP contribution in [0.15, 0.2) is 22.8 Å². The highest BCUT2D eigenvalue weighted by Gasteiger charge is 2.40. The molecule has 1 atom stereocenters. The average molecular weight is 192 g/mol. The summed E-state index contributed by atoms with van der Waals surface area (Å²) >= 11 is 0. The van der Waals surface area contributed by atoms with Gasteiger partial charge in [0.1, 0.15) is 0 Å². The highest BCUT2D eigenvalue weighted by Crippen LogP contribution is 2.44. The van der Waals surface area contributed by atoms with Crippen molar-refractivity contribution in [3.8, 4) is 0 Å². The molecule has 1 aromatic rings. The first-order valence-electron chi connectivity index (χ1n) is 5.19. The lowest BCUT2D eigenvalue weighted by Gasteiger charge is -2.24. The molecule has 1 saturated carbocycles. The minimum atomic E-state index is 0.143. The van der Waals surface area contributed by atoms with Crippen LogP contribution < -0.4 is 0 Å². The van der Waals surface area contributed by atoms with E-state index in [0.29, 0.717) is 5.76 Å². The summed E-state index contributed by atoms with van der Waals surface area (Å²) in [5.74, 6) is 0.844. The quantitative estimate of drug-likeness (QED) is 0.673. The highest BCUT2D eigenvalue weighted by molar-refractivity contribution is 5.95. The van der Waals surface area contributed by atoms with Gasteiger partial charge in [-0.15, -0.1) is 0 Å². The molecule has 0 radical (unpaired) electrons. The molecule has 1 aliphatic rings. The summed E-state index contributed by atoms with van der Waals surface area (Å²) in [5.41, 5.74) is 0.143. The molecule has 0 amide bonds. The van der Waals surface area contributed by atoms with Gasteiger partial charge in [0.05, 0.1) is 6.26 Å². The van der Waals surface area contributed by atoms with Crippen LogP contribution in [0.25, 0.3) is 0 Å². The van der Waals surface area contributed by atoms with E-state index in [1.54, 1.807) is 18.4 Å². The van der Waals surface area contributed by atoms with E-state index in [9.17, 15) is 4.79 Å². The fraction of sp³-hybridized carbons (Fsp3) is 0.583. The standard InChI is InChI=1S/C12H16O2/c1-12(2)7-3-5-9(12)11(13)10-6-4-8-14-10/h4,6,8-9H,3,5,7H2,1-2H3. The molecule has 1 fully saturated rings. The van der Waals surface area contributed by atoms with Crippen LogP contribution in [-0.2, 0) is 0 Å². The van der Waals surface area contributed by atoms with Crippen molar-refractivity contribution in [3.05, 3.63) is 24.2 Å². The normalized spacial score (nSPS) is 25.1. The Morgan fingerprint density at radius 1 is 1.57 bits per heavy atom. The third kappa shape index (κ3) is 1.49. The number of hydrogen-bond donors (Lipinski definition) is 0. The second kappa shape index (κ2) is 3.26. The summed E-state index contributed by atoms with van der Waals surface area (Å²) in [7, 11) is 0. The van der Waals surface area contributed by atoms with Gasteiger partial charge in [0.2, 0.25) is 5.78 Å². The van der Waals surface area contributed by atoms with Crippen LogP contribution >= 0.6 is 0 Å². The molecule has 0 aliphatic heterocycles. The first kappa shape index (κ1) is 9.50. The molecule has 0 aromatic carbocycles. The van der Waals surface area contributed by atoms with Crippen LogP contribution in [0, 0.1) is 11.3 Å². The Morgan fingerprint density at radius 3 is 2.86 bits per heavy atom. The van der Waals surface area contributed by atoms with Crippen molar-refractivity contribution in [2.24, 2.45) is 11.3 Å². The Labute approximate surface area is 84.3 Å². The third-order valence-electron chi connectivity index (χ3n) is 3.34. The highest BCUT2D eigenvalue weighted by atomic mass is 16.3. The zero-order chi connectivity index (χ0) is 10.2. The van der Waals surface area contributed by atoms with Crippen LogP contribution in [0.1, 0.15) is 43.7 Å². The van der Waals surface area contributed by atoms with E-state index >= 15 is 0 Å². The molecular weight excluding hydrogens is 176 g/mol. The van der Waals surface area contributed by atoms with Crippen LogP contribution in [-0.4, -0.2) is 5.78 Å². The van der Waals surface area contributed by atoms with E-state index in [2.05, 4.69) is 13.8 Å². The monoisotopic (exact) mass is 192 g/mol. The average Bonchev–Trinajstić information content (AvgIpc) is 2.71. The lowest BCUT2D eigenvalue weighted by molar-refractivity contribution is 0.0809. The summed E-state index contributed by atoms with van der Waals surface area (Å²) in [6.45, 7) is 4.34. The van der Waals surface area contributed by atoms with Gasteiger partial charge in [-0.1, -0.05) is 20.3 Å². The van der Waals surface area contributed by atoms with Gasteiger partial charge in [-0.25, -0.2) is 0 Å². The molecule has 2 rings (SSSR count). The summed E-state index contributed by atoms with van der Waals surface area (Å²) in [5, 5.41) is 0. The van der Waals surface area contributed by atoms with Gasteiger partial charge in [0.15, 0.2) is 5.76 Å². The molecule has 0 bridgehead atoms. The summed E-state index contributed by atoms with van der Waals surface area (Å²) in [6.07, 6.45) is 4.87. The van der Waals surface area contributed by atoms with E-state index < -0.39 is 0 Å². The maximum absolute atomic E-state index is 12.0. The zero-order valence-corrected chi connectivity index (χ0v) is 8.75. The maximum Gasteiger partial charge on any atom is 0.201 e. The number of ketones is 1. The number of rotatable bonds is 2.